The third-order valence-electron chi connectivity index (χ3n) is 2.13. The van der Waals surface area contributed by atoms with Crippen LogP contribution in [0.5, 0.6) is 5.75 Å². The Morgan fingerprint density at radius 2 is 2.00 bits per heavy atom. The van der Waals surface area contributed by atoms with E-state index in [2.05, 4.69) is 10.6 Å². The molecule has 0 radical (unpaired) electrons. The lowest BCUT2D eigenvalue weighted by molar-refractivity contribution is -0.118. The van der Waals surface area contributed by atoms with Crippen LogP contribution in [-0.2, 0) is 4.79 Å². The van der Waals surface area contributed by atoms with Gasteiger partial charge >= 0.3 is 0 Å². The number of amides is 1. The highest BCUT2D eigenvalue weighted by molar-refractivity contribution is 8.00. The first-order chi connectivity index (χ1) is 8.26. The summed E-state index contributed by atoms with van der Waals surface area (Å²) >= 11 is 1.52. The van der Waals surface area contributed by atoms with Crippen LogP contribution in [0.3, 0.4) is 0 Å². The molecular weight excluding hydrogens is 236 g/mol. The first kappa shape index (κ1) is 13.9. The Kier molecular flexibility index (Phi) is 6.50. The van der Waals surface area contributed by atoms with Crippen LogP contribution in [0.2, 0.25) is 0 Å². The normalized spacial score (nSPS) is 10.0. The second kappa shape index (κ2) is 7.97. The molecule has 0 spiro atoms. The monoisotopic (exact) mass is 254 g/mol. The van der Waals surface area contributed by atoms with Crippen LogP contribution in [0.1, 0.15) is 0 Å². The standard InChI is InChI=1S/C12H18N2O2S/c1-13-7-8-14-12(15)9-17-11-5-3-10(16-2)4-6-11/h3-6,13H,7-9H2,1-2H3,(H,14,15). The molecule has 1 amide bonds. The van der Waals surface area contributed by atoms with Gasteiger partial charge in [0.15, 0.2) is 0 Å². The maximum absolute atomic E-state index is 11.4. The van der Waals surface area contributed by atoms with Gasteiger partial charge in [0, 0.05) is 18.0 Å². The Morgan fingerprint density at radius 1 is 1.29 bits per heavy atom. The number of rotatable bonds is 7. The van der Waals surface area contributed by atoms with E-state index in [0.29, 0.717) is 12.3 Å². The Balaban J connectivity index is 2.27. The molecule has 0 aliphatic heterocycles. The van der Waals surface area contributed by atoms with Crippen molar-refractivity contribution in [2.75, 3.05) is 33.0 Å². The van der Waals surface area contributed by atoms with Crippen LogP contribution >= 0.6 is 11.8 Å². The fourth-order valence-corrected chi connectivity index (χ4v) is 1.93. The van der Waals surface area contributed by atoms with Crippen molar-refractivity contribution in [3.63, 3.8) is 0 Å². The summed E-state index contributed by atoms with van der Waals surface area (Å²) in [4.78, 5) is 12.5. The van der Waals surface area contributed by atoms with E-state index in [-0.39, 0.29) is 5.91 Å². The summed E-state index contributed by atoms with van der Waals surface area (Å²) < 4.78 is 5.06. The zero-order valence-electron chi connectivity index (χ0n) is 10.2. The van der Waals surface area contributed by atoms with Gasteiger partial charge in [-0.3, -0.25) is 4.79 Å². The molecule has 0 aliphatic carbocycles. The summed E-state index contributed by atoms with van der Waals surface area (Å²) in [5, 5.41) is 5.80. The SMILES string of the molecule is CNCCNC(=O)CSc1ccc(OC)cc1. The summed E-state index contributed by atoms with van der Waals surface area (Å²) in [6, 6.07) is 7.68. The molecule has 17 heavy (non-hydrogen) atoms. The lowest BCUT2D eigenvalue weighted by Gasteiger charge is -2.05. The van der Waals surface area contributed by atoms with E-state index in [0.717, 1.165) is 17.2 Å². The van der Waals surface area contributed by atoms with Gasteiger partial charge in [0.05, 0.1) is 12.9 Å². The molecule has 0 aromatic heterocycles. The van der Waals surface area contributed by atoms with Crippen molar-refractivity contribution in [3.8, 4) is 5.75 Å². The van der Waals surface area contributed by atoms with E-state index in [1.165, 1.54) is 11.8 Å². The number of ether oxygens (including phenoxy) is 1. The number of benzene rings is 1. The number of likely N-dealkylation sites (N-methyl/N-ethyl adjacent to an activating group) is 1. The van der Waals surface area contributed by atoms with Gasteiger partial charge in [0.2, 0.25) is 5.91 Å². The average Bonchev–Trinajstić information content (AvgIpc) is 2.37. The Bertz CT molecular complexity index is 341. The largest absolute Gasteiger partial charge is 0.497 e. The molecule has 0 saturated heterocycles. The summed E-state index contributed by atoms with van der Waals surface area (Å²) in [6.07, 6.45) is 0. The van der Waals surface area contributed by atoms with Crippen molar-refractivity contribution < 1.29 is 9.53 Å². The molecule has 1 rings (SSSR count). The number of hydrogen-bond acceptors (Lipinski definition) is 4. The zero-order chi connectivity index (χ0) is 12.5. The van der Waals surface area contributed by atoms with Crippen molar-refractivity contribution in [3.05, 3.63) is 24.3 Å². The molecule has 0 bridgehead atoms. The van der Waals surface area contributed by atoms with E-state index in [4.69, 9.17) is 4.74 Å². The molecule has 0 saturated carbocycles. The van der Waals surface area contributed by atoms with Crippen molar-refractivity contribution in [2.24, 2.45) is 0 Å². The topological polar surface area (TPSA) is 50.4 Å². The molecule has 0 atom stereocenters. The minimum absolute atomic E-state index is 0.0565. The Hall–Kier alpha value is -1.20. The van der Waals surface area contributed by atoms with Gasteiger partial charge < -0.3 is 15.4 Å². The van der Waals surface area contributed by atoms with Crippen LogP contribution in [0, 0.1) is 0 Å². The van der Waals surface area contributed by atoms with Crippen molar-refractivity contribution in [2.45, 2.75) is 4.90 Å². The average molecular weight is 254 g/mol. The second-order valence-corrected chi connectivity index (χ2v) is 4.47. The number of nitrogens with one attached hydrogen (secondary N) is 2. The van der Waals surface area contributed by atoms with Crippen LogP contribution < -0.4 is 15.4 Å². The quantitative estimate of drug-likeness (QED) is 0.565. The lowest BCUT2D eigenvalue weighted by atomic mass is 10.3. The molecular formula is C12H18N2O2S. The van der Waals surface area contributed by atoms with Crippen LogP contribution in [0.4, 0.5) is 0 Å². The predicted octanol–water partition coefficient (Wildman–Crippen LogP) is 1.12. The van der Waals surface area contributed by atoms with Crippen molar-refractivity contribution >= 4 is 17.7 Å². The van der Waals surface area contributed by atoms with Gasteiger partial charge in [-0.05, 0) is 31.3 Å². The van der Waals surface area contributed by atoms with Crippen LogP contribution in [0.25, 0.3) is 0 Å². The molecule has 1 aromatic rings. The van der Waals surface area contributed by atoms with E-state index in [9.17, 15) is 4.79 Å². The van der Waals surface area contributed by atoms with E-state index >= 15 is 0 Å². The number of methoxy groups -OCH3 is 1. The van der Waals surface area contributed by atoms with Gasteiger partial charge in [0.1, 0.15) is 5.75 Å². The maximum atomic E-state index is 11.4. The van der Waals surface area contributed by atoms with Crippen LogP contribution in [-0.4, -0.2) is 38.9 Å². The number of hydrogen-bond donors (Lipinski definition) is 2. The number of carbonyl (C=O) groups excluding carboxylic acids is 1. The minimum Gasteiger partial charge on any atom is -0.497 e. The summed E-state index contributed by atoms with van der Waals surface area (Å²) in [7, 11) is 3.50. The molecule has 0 unspecified atom stereocenters. The van der Waals surface area contributed by atoms with E-state index in [1.807, 2.05) is 31.3 Å². The Labute approximate surface area is 106 Å². The first-order valence-electron chi connectivity index (χ1n) is 5.44. The smallest absolute Gasteiger partial charge is 0.230 e. The summed E-state index contributed by atoms with van der Waals surface area (Å²) in [5.74, 6) is 1.32. The highest BCUT2D eigenvalue weighted by Gasteiger charge is 2.02. The summed E-state index contributed by atoms with van der Waals surface area (Å²) in [6.45, 7) is 1.46. The molecule has 94 valence electrons. The van der Waals surface area contributed by atoms with Gasteiger partial charge in [-0.15, -0.1) is 11.8 Å². The zero-order valence-corrected chi connectivity index (χ0v) is 11.0. The molecule has 0 fully saturated rings. The first-order valence-corrected chi connectivity index (χ1v) is 6.43. The van der Waals surface area contributed by atoms with Gasteiger partial charge in [-0.1, -0.05) is 0 Å². The second-order valence-electron chi connectivity index (χ2n) is 3.42. The molecule has 4 nitrogen and oxygen atoms in total. The fourth-order valence-electron chi connectivity index (χ4n) is 1.20. The van der Waals surface area contributed by atoms with E-state index < -0.39 is 0 Å². The highest BCUT2D eigenvalue weighted by Crippen LogP contribution is 2.20. The molecule has 0 heterocycles. The maximum Gasteiger partial charge on any atom is 0.230 e. The predicted molar refractivity (Wildman–Crippen MR) is 70.7 cm³/mol. The van der Waals surface area contributed by atoms with Crippen LogP contribution in [0.15, 0.2) is 29.2 Å². The third-order valence-corrected chi connectivity index (χ3v) is 3.14. The third kappa shape index (κ3) is 5.60. The van der Waals surface area contributed by atoms with Gasteiger partial charge in [0.25, 0.3) is 0 Å². The minimum atomic E-state index is 0.0565. The summed E-state index contributed by atoms with van der Waals surface area (Å²) in [5.41, 5.74) is 0. The highest BCUT2D eigenvalue weighted by atomic mass is 32.2. The molecule has 0 aliphatic rings. The molecule has 1 aromatic carbocycles. The number of thioether (sulfide) groups is 1. The van der Waals surface area contributed by atoms with Crippen molar-refractivity contribution in [1.82, 2.24) is 10.6 Å². The van der Waals surface area contributed by atoms with E-state index in [1.54, 1.807) is 7.11 Å². The fraction of sp³-hybridized carbons (Fsp3) is 0.417. The Morgan fingerprint density at radius 3 is 2.59 bits per heavy atom. The number of carbonyl (C=O) groups is 1. The van der Waals surface area contributed by atoms with Crippen molar-refractivity contribution in [1.29, 1.82) is 0 Å². The molecule has 2 N–H and O–H groups in total. The lowest BCUT2D eigenvalue weighted by Crippen LogP contribution is -2.31. The van der Waals surface area contributed by atoms with Gasteiger partial charge in [-0.2, -0.15) is 0 Å². The van der Waals surface area contributed by atoms with Gasteiger partial charge in [-0.25, -0.2) is 0 Å². The molecule has 5 heteroatoms.